The minimum Gasteiger partial charge on any atom is -0.461 e. The van der Waals surface area contributed by atoms with Gasteiger partial charge in [-0.1, -0.05) is 31.9 Å². The summed E-state index contributed by atoms with van der Waals surface area (Å²) in [6.45, 7) is -1.29. The Morgan fingerprint density at radius 3 is 2.00 bits per heavy atom. The van der Waals surface area contributed by atoms with Gasteiger partial charge < -0.3 is 29.9 Å². The molecule has 0 aliphatic rings. The van der Waals surface area contributed by atoms with E-state index < -0.39 is 49.6 Å². The van der Waals surface area contributed by atoms with Crippen molar-refractivity contribution in [2.75, 3.05) is 23.9 Å². The Labute approximate surface area is 131 Å². The molecular formula is C10H16Br2O8. The standard InChI is InChI=1S/C10H16Br2O8/c11-1-7(15)19-4-6(20-8(16)2-12)10(18)9(17)5(14)3-13/h5-6,9-10,13-14,17-18H,1-4H2/t5-,6+,9-,10-/m1/s1. The molecule has 0 aromatic heterocycles. The maximum Gasteiger partial charge on any atom is 0.317 e. The van der Waals surface area contributed by atoms with E-state index in [0.717, 1.165) is 0 Å². The van der Waals surface area contributed by atoms with Gasteiger partial charge in [-0.05, 0) is 0 Å². The van der Waals surface area contributed by atoms with E-state index in [0.29, 0.717) is 0 Å². The average Bonchev–Trinajstić information content (AvgIpc) is 2.47. The Morgan fingerprint density at radius 1 is 1.00 bits per heavy atom. The van der Waals surface area contributed by atoms with Crippen molar-refractivity contribution in [2.24, 2.45) is 0 Å². The van der Waals surface area contributed by atoms with Gasteiger partial charge in [-0.15, -0.1) is 0 Å². The van der Waals surface area contributed by atoms with Crippen molar-refractivity contribution in [1.82, 2.24) is 0 Å². The number of halogens is 2. The molecule has 10 heteroatoms. The third-order valence-electron chi connectivity index (χ3n) is 2.22. The number of hydrogen-bond acceptors (Lipinski definition) is 8. The molecule has 0 unspecified atom stereocenters. The summed E-state index contributed by atoms with van der Waals surface area (Å²) in [4.78, 5) is 22.2. The van der Waals surface area contributed by atoms with Crippen LogP contribution in [0.1, 0.15) is 0 Å². The van der Waals surface area contributed by atoms with E-state index in [1.807, 2.05) is 0 Å². The van der Waals surface area contributed by atoms with E-state index in [-0.39, 0.29) is 10.7 Å². The highest BCUT2D eigenvalue weighted by Gasteiger charge is 2.34. The molecular weight excluding hydrogens is 408 g/mol. The van der Waals surface area contributed by atoms with Crippen LogP contribution in [0.15, 0.2) is 0 Å². The molecule has 0 bridgehead atoms. The third-order valence-corrected chi connectivity index (χ3v) is 3.14. The Hall–Kier alpha value is -0.260. The highest BCUT2D eigenvalue weighted by Crippen LogP contribution is 2.10. The molecule has 4 N–H and O–H groups in total. The van der Waals surface area contributed by atoms with Crippen molar-refractivity contribution in [2.45, 2.75) is 24.4 Å². The number of rotatable bonds is 9. The van der Waals surface area contributed by atoms with Crippen LogP contribution in [0, 0.1) is 0 Å². The molecule has 118 valence electrons. The highest BCUT2D eigenvalue weighted by atomic mass is 79.9. The Balaban J connectivity index is 4.72. The van der Waals surface area contributed by atoms with Gasteiger partial charge in [-0.25, -0.2) is 0 Å². The lowest BCUT2D eigenvalue weighted by atomic mass is 10.0. The van der Waals surface area contributed by atoms with Gasteiger partial charge in [0.1, 0.15) is 35.6 Å². The normalized spacial score (nSPS) is 16.9. The van der Waals surface area contributed by atoms with Gasteiger partial charge in [0.15, 0.2) is 6.10 Å². The highest BCUT2D eigenvalue weighted by molar-refractivity contribution is 9.09. The summed E-state index contributed by atoms with van der Waals surface area (Å²) in [5.74, 6) is -1.41. The van der Waals surface area contributed by atoms with E-state index in [2.05, 4.69) is 36.6 Å². The second kappa shape index (κ2) is 10.5. The SMILES string of the molecule is O=C(CBr)OC[C@H](OC(=O)CBr)[C@@H](O)[C@H](O)[C@H](O)CO. The molecule has 0 radical (unpaired) electrons. The van der Waals surface area contributed by atoms with Crippen molar-refractivity contribution in [3.05, 3.63) is 0 Å². The number of hydrogen-bond donors (Lipinski definition) is 4. The zero-order valence-corrected chi connectivity index (χ0v) is 13.5. The molecule has 0 saturated carbocycles. The number of carbonyl (C=O) groups excluding carboxylic acids is 2. The van der Waals surface area contributed by atoms with Gasteiger partial charge in [-0.2, -0.15) is 0 Å². The summed E-state index contributed by atoms with van der Waals surface area (Å²) < 4.78 is 9.48. The zero-order valence-electron chi connectivity index (χ0n) is 10.3. The van der Waals surface area contributed by atoms with Crippen molar-refractivity contribution in [3.8, 4) is 0 Å². The largest absolute Gasteiger partial charge is 0.461 e. The first-order valence-corrected chi connectivity index (χ1v) is 7.73. The predicted molar refractivity (Wildman–Crippen MR) is 73.5 cm³/mol. The first kappa shape index (κ1) is 19.7. The van der Waals surface area contributed by atoms with E-state index in [9.17, 15) is 24.9 Å². The van der Waals surface area contributed by atoms with Crippen LogP contribution in [0.4, 0.5) is 0 Å². The smallest absolute Gasteiger partial charge is 0.317 e. The quantitative estimate of drug-likeness (QED) is 0.255. The fourth-order valence-electron chi connectivity index (χ4n) is 1.17. The lowest BCUT2D eigenvalue weighted by Crippen LogP contribution is -2.49. The first-order valence-electron chi connectivity index (χ1n) is 5.49. The van der Waals surface area contributed by atoms with Crippen LogP contribution < -0.4 is 0 Å². The molecule has 0 aromatic rings. The van der Waals surface area contributed by atoms with E-state index in [1.165, 1.54) is 0 Å². The van der Waals surface area contributed by atoms with Crippen LogP contribution in [0.3, 0.4) is 0 Å². The summed E-state index contributed by atoms with van der Waals surface area (Å²) in [7, 11) is 0. The van der Waals surface area contributed by atoms with Crippen molar-refractivity contribution in [1.29, 1.82) is 0 Å². The molecule has 0 heterocycles. The Morgan fingerprint density at radius 2 is 1.55 bits per heavy atom. The number of aliphatic hydroxyl groups is 4. The van der Waals surface area contributed by atoms with Gasteiger partial charge in [0.25, 0.3) is 0 Å². The number of ether oxygens (including phenoxy) is 2. The van der Waals surface area contributed by atoms with Crippen LogP contribution in [0.5, 0.6) is 0 Å². The fourth-order valence-corrected chi connectivity index (χ4v) is 1.47. The summed E-state index contributed by atoms with van der Waals surface area (Å²) >= 11 is 5.70. The molecule has 0 saturated heterocycles. The summed E-state index contributed by atoms with van der Waals surface area (Å²) in [5.41, 5.74) is 0. The molecule has 0 aliphatic heterocycles. The molecule has 0 spiro atoms. The van der Waals surface area contributed by atoms with Gasteiger partial charge in [0, 0.05) is 0 Å². The van der Waals surface area contributed by atoms with Gasteiger partial charge in [0.2, 0.25) is 0 Å². The number of carbonyl (C=O) groups is 2. The van der Waals surface area contributed by atoms with E-state index in [4.69, 9.17) is 9.84 Å². The Bertz CT molecular complexity index is 314. The van der Waals surface area contributed by atoms with Gasteiger partial charge in [0.05, 0.1) is 6.61 Å². The lowest BCUT2D eigenvalue weighted by molar-refractivity contribution is -0.174. The van der Waals surface area contributed by atoms with Gasteiger partial charge in [-0.3, -0.25) is 9.59 Å². The maximum atomic E-state index is 11.2. The minimum absolute atomic E-state index is 0.0932. The van der Waals surface area contributed by atoms with Crippen molar-refractivity contribution < 1.29 is 39.5 Å². The molecule has 0 rings (SSSR count). The number of esters is 2. The van der Waals surface area contributed by atoms with Crippen LogP contribution >= 0.6 is 31.9 Å². The van der Waals surface area contributed by atoms with Crippen LogP contribution in [0.25, 0.3) is 0 Å². The fraction of sp³-hybridized carbons (Fsp3) is 0.800. The maximum absolute atomic E-state index is 11.2. The van der Waals surface area contributed by atoms with Crippen LogP contribution in [-0.2, 0) is 19.1 Å². The second-order valence-electron chi connectivity index (χ2n) is 3.71. The molecule has 0 fully saturated rings. The topological polar surface area (TPSA) is 134 Å². The number of alkyl halides is 2. The minimum atomic E-state index is -1.77. The molecule has 4 atom stereocenters. The molecule has 0 aliphatic carbocycles. The molecule has 0 aromatic carbocycles. The lowest BCUT2D eigenvalue weighted by Gasteiger charge is -2.28. The van der Waals surface area contributed by atoms with Crippen LogP contribution in [0.2, 0.25) is 0 Å². The second-order valence-corrected chi connectivity index (χ2v) is 4.83. The van der Waals surface area contributed by atoms with E-state index in [1.54, 1.807) is 0 Å². The summed E-state index contributed by atoms with van der Waals surface area (Å²) in [5, 5.41) is 37.0. The average molecular weight is 424 g/mol. The first-order chi connectivity index (χ1) is 9.37. The third kappa shape index (κ3) is 6.95. The van der Waals surface area contributed by atoms with Crippen molar-refractivity contribution in [3.63, 3.8) is 0 Å². The number of aliphatic hydroxyl groups excluding tert-OH is 4. The molecule has 20 heavy (non-hydrogen) atoms. The van der Waals surface area contributed by atoms with E-state index >= 15 is 0 Å². The summed E-state index contributed by atoms with van der Waals surface area (Å²) in [6, 6.07) is 0. The predicted octanol–water partition coefficient (Wildman–Crippen LogP) is -1.69. The molecule has 8 nitrogen and oxygen atoms in total. The zero-order chi connectivity index (χ0) is 15.7. The molecule has 0 amide bonds. The van der Waals surface area contributed by atoms with Crippen LogP contribution in [-0.4, -0.2) is 80.7 Å². The summed E-state index contributed by atoms with van der Waals surface area (Å²) in [6.07, 6.45) is -6.50. The Kier molecular flexibility index (Phi) is 10.3. The van der Waals surface area contributed by atoms with Crippen molar-refractivity contribution >= 4 is 43.8 Å². The van der Waals surface area contributed by atoms with Gasteiger partial charge >= 0.3 is 11.9 Å². The monoisotopic (exact) mass is 422 g/mol.